The van der Waals surface area contributed by atoms with Crippen LogP contribution < -0.4 is 5.32 Å². The van der Waals surface area contributed by atoms with Crippen LogP contribution in [0.1, 0.15) is 22.3 Å². The van der Waals surface area contributed by atoms with Crippen molar-refractivity contribution < 1.29 is 19.2 Å². The van der Waals surface area contributed by atoms with E-state index in [9.17, 15) is 19.7 Å². The molecule has 0 saturated heterocycles. The van der Waals surface area contributed by atoms with Crippen molar-refractivity contribution in [1.29, 1.82) is 0 Å². The molecule has 1 rings (SSSR count). The number of carbonyl (C=O) groups is 2. The molecular weight excluding hydrogens is 252 g/mol. The van der Waals surface area contributed by atoms with Gasteiger partial charge in [0, 0.05) is 23.7 Å². The predicted octanol–water partition coefficient (Wildman–Crippen LogP) is 1.20. The van der Waals surface area contributed by atoms with Gasteiger partial charge in [-0.2, -0.15) is 0 Å². The number of rotatable bonds is 5. The van der Waals surface area contributed by atoms with Crippen LogP contribution in [0, 0.1) is 17.0 Å². The lowest BCUT2D eigenvalue weighted by atomic mass is 10.1. The molecule has 0 unspecified atom stereocenters. The number of hydrogen-bond acceptors (Lipinski definition) is 5. The van der Waals surface area contributed by atoms with E-state index in [0.29, 0.717) is 5.56 Å². The van der Waals surface area contributed by atoms with Crippen LogP contribution in [0.25, 0.3) is 0 Å². The Labute approximate surface area is 109 Å². The number of ether oxygens (including phenoxy) is 1. The number of nitrogens with zero attached hydrogens (tertiary/aromatic N) is 1. The summed E-state index contributed by atoms with van der Waals surface area (Å²) in [6.07, 6.45) is 0.0518. The van der Waals surface area contributed by atoms with Gasteiger partial charge in [-0.25, -0.2) is 0 Å². The van der Waals surface area contributed by atoms with Gasteiger partial charge in [-0.1, -0.05) is 6.07 Å². The number of aryl methyl sites for hydroxylation is 1. The summed E-state index contributed by atoms with van der Waals surface area (Å²) in [5.74, 6) is -0.901. The number of benzene rings is 1. The van der Waals surface area contributed by atoms with E-state index in [0.717, 1.165) is 0 Å². The normalized spacial score (nSPS) is 9.79. The molecule has 1 amide bonds. The van der Waals surface area contributed by atoms with Gasteiger partial charge in [0.05, 0.1) is 18.5 Å². The maximum absolute atomic E-state index is 11.7. The van der Waals surface area contributed by atoms with Crippen LogP contribution in [0.3, 0.4) is 0 Å². The smallest absolute Gasteiger partial charge is 0.307 e. The molecule has 0 spiro atoms. The van der Waals surface area contributed by atoms with E-state index in [1.807, 2.05) is 0 Å². The molecule has 0 aliphatic rings. The Morgan fingerprint density at radius 3 is 2.68 bits per heavy atom. The zero-order valence-electron chi connectivity index (χ0n) is 10.6. The number of nitrogens with one attached hydrogen (secondary N) is 1. The highest BCUT2D eigenvalue weighted by molar-refractivity contribution is 5.95. The summed E-state index contributed by atoms with van der Waals surface area (Å²) in [6.45, 7) is 1.71. The molecule has 0 aromatic heterocycles. The van der Waals surface area contributed by atoms with Crippen LogP contribution in [0.2, 0.25) is 0 Å². The molecular formula is C12H14N2O5. The molecule has 1 aromatic rings. The Kier molecular flexibility index (Phi) is 4.99. The molecule has 1 N–H and O–H groups in total. The summed E-state index contributed by atoms with van der Waals surface area (Å²) >= 11 is 0. The van der Waals surface area contributed by atoms with Crippen molar-refractivity contribution >= 4 is 17.6 Å². The van der Waals surface area contributed by atoms with E-state index in [1.54, 1.807) is 6.92 Å². The fourth-order valence-corrected chi connectivity index (χ4v) is 1.43. The largest absolute Gasteiger partial charge is 0.469 e. The third-order valence-corrected chi connectivity index (χ3v) is 2.51. The minimum atomic E-state index is -0.541. The number of hydrogen-bond donors (Lipinski definition) is 1. The van der Waals surface area contributed by atoms with Gasteiger partial charge in [-0.15, -0.1) is 0 Å². The predicted molar refractivity (Wildman–Crippen MR) is 66.8 cm³/mol. The minimum Gasteiger partial charge on any atom is -0.469 e. The number of nitro benzene ring substituents is 1. The lowest BCUT2D eigenvalue weighted by molar-refractivity contribution is -0.385. The fraction of sp³-hybridized carbons (Fsp3) is 0.333. The van der Waals surface area contributed by atoms with Gasteiger partial charge in [0.2, 0.25) is 0 Å². The Morgan fingerprint density at radius 2 is 2.11 bits per heavy atom. The van der Waals surface area contributed by atoms with Crippen molar-refractivity contribution in [2.45, 2.75) is 13.3 Å². The molecule has 0 atom stereocenters. The molecule has 102 valence electrons. The summed E-state index contributed by atoms with van der Waals surface area (Å²) in [7, 11) is 1.26. The van der Waals surface area contributed by atoms with Crippen molar-refractivity contribution in [3.8, 4) is 0 Å². The lowest BCUT2D eigenvalue weighted by Crippen LogP contribution is -2.26. The van der Waals surface area contributed by atoms with E-state index in [4.69, 9.17) is 0 Å². The highest BCUT2D eigenvalue weighted by Crippen LogP contribution is 2.19. The summed E-state index contributed by atoms with van der Waals surface area (Å²) in [6, 6.07) is 4.21. The third kappa shape index (κ3) is 4.06. The van der Waals surface area contributed by atoms with Gasteiger partial charge in [-0.3, -0.25) is 19.7 Å². The Bertz CT molecular complexity index is 513. The molecule has 7 heteroatoms. The topological polar surface area (TPSA) is 98.5 Å². The second-order valence-electron chi connectivity index (χ2n) is 3.84. The second-order valence-corrected chi connectivity index (χ2v) is 3.84. The van der Waals surface area contributed by atoms with Gasteiger partial charge in [0.15, 0.2) is 0 Å². The molecule has 0 heterocycles. The summed E-state index contributed by atoms with van der Waals surface area (Å²) in [5.41, 5.74) is 0.555. The number of carbonyl (C=O) groups excluding carboxylic acids is 2. The number of methoxy groups -OCH3 is 1. The Hall–Kier alpha value is -2.44. The SMILES string of the molecule is COC(=O)CCNC(=O)c1ccc(C)c([N+](=O)[O-])c1. The monoisotopic (exact) mass is 266 g/mol. The number of nitro groups is 1. The van der Waals surface area contributed by atoms with Crippen LogP contribution >= 0.6 is 0 Å². The third-order valence-electron chi connectivity index (χ3n) is 2.51. The molecule has 0 saturated carbocycles. The highest BCUT2D eigenvalue weighted by atomic mass is 16.6. The van der Waals surface area contributed by atoms with Crippen LogP contribution in [-0.2, 0) is 9.53 Å². The fourth-order valence-electron chi connectivity index (χ4n) is 1.43. The summed E-state index contributed by atoms with van der Waals surface area (Å²) < 4.78 is 4.42. The van der Waals surface area contributed by atoms with Gasteiger partial charge in [0.1, 0.15) is 0 Å². The highest BCUT2D eigenvalue weighted by Gasteiger charge is 2.14. The van der Waals surface area contributed by atoms with Gasteiger partial charge in [0.25, 0.3) is 11.6 Å². The maximum Gasteiger partial charge on any atom is 0.307 e. The van der Waals surface area contributed by atoms with E-state index >= 15 is 0 Å². The second kappa shape index (κ2) is 6.48. The average molecular weight is 266 g/mol. The first-order valence-electron chi connectivity index (χ1n) is 5.55. The van der Waals surface area contributed by atoms with Crippen molar-refractivity contribution in [3.05, 3.63) is 39.4 Å². The summed E-state index contributed by atoms with van der Waals surface area (Å²) in [4.78, 5) is 32.8. The number of esters is 1. The van der Waals surface area contributed by atoms with Crippen molar-refractivity contribution in [2.75, 3.05) is 13.7 Å². The quantitative estimate of drug-likeness (QED) is 0.490. The van der Waals surface area contributed by atoms with E-state index in [1.165, 1.54) is 25.3 Å². The lowest BCUT2D eigenvalue weighted by Gasteiger charge is -2.05. The maximum atomic E-state index is 11.7. The molecule has 1 aromatic carbocycles. The van der Waals surface area contributed by atoms with E-state index in [2.05, 4.69) is 10.1 Å². The molecule has 19 heavy (non-hydrogen) atoms. The van der Waals surface area contributed by atoms with E-state index < -0.39 is 16.8 Å². The molecule has 0 aliphatic carbocycles. The van der Waals surface area contributed by atoms with Crippen molar-refractivity contribution in [2.24, 2.45) is 0 Å². The zero-order chi connectivity index (χ0) is 14.4. The standard InChI is InChI=1S/C12H14N2O5/c1-8-3-4-9(7-10(8)14(17)18)12(16)13-6-5-11(15)19-2/h3-4,7H,5-6H2,1-2H3,(H,13,16). The zero-order valence-corrected chi connectivity index (χ0v) is 10.6. The molecule has 7 nitrogen and oxygen atoms in total. The van der Waals surface area contributed by atoms with Crippen LogP contribution in [0.5, 0.6) is 0 Å². The van der Waals surface area contributed by atoms with Gasteiger partial charge in [-0.05, 0) is 13.0 Å². The van der Waals surface area contributed by atoms with Crippen LogP contribution in [0.4, 0.5) is 5.69 Å². The van der Waals surface area contributed by atoms with Gasteiger partial charge >= 0.3 is 5.97 Å². The Balaban J connectivity index is 2.70. The summed E-state index contributed by atoms with van der Waals surface area (Å²) in [5, 5.41) is 13.2. The molecule has 0 radical (unpaired) electrons. The first-order valence-corrected chi connectivity index (χ1v) is 5.55. The Morgan fingerprint density at radius 1 is 1.42 bits per heavy atom. The first-order chi connectivity index (χ1) is 8.95. The van der Waals surface area contributed by atoms with Crippen LogP contribution in [-0.4, -0.2) is 30.5 Å². The average Bonchev–Trinajstić information content (AvgIpc) is 2.38. The van der Waals surface area contributed by atoms with Gasteiger partial charge < -0.3 is 10.1 Å². The molecule has 0 bridgehead atoms. The first kappa shape index (κ1) is 14.6. The number of amides is 1. The van der Waals surface area contributed by atoms with Crippen molar-refractivity contribution in [1.82, 2.24) is 5.32 Å². The van der Waals surface area contributed by atoms with E-state index in [-0.39, 0.29) is 24.2 Å². The van der Waals surface area contributed by atoms with Crippen molar-refractivity contribution in [3.63, 3.8) is 0 Å². The molecule has 0 fully saturated rings. The molecule has 0 aliphatic heterocycles. The van der Waals surface area contributed by atoms with Crippen LogP contribution in [0.15, 0.2) is 18.2 Å². The minimum absolute atomic E-state index is 0.0518.